The molecule has 0 amide bonds. The number of ether oxygens (including phenoxy) is 1. The molecule has 1 aliphatic carbocycles. The standard InChI is InChI=1S/C42H25N3OS/c1-3-13-26(14-4-1)39-43-40(27-15-5-2-6-16-27)45-41(44-39)30-25-47-38-28(30)23-24-34-37(38)29-17-7-8-18-31(29)42(34)32-19-9-11-21-35(32)46-36-22-12-10-20-33(36)42/h1-25H. The summed E-state index contributed by atoms with van der Waals surface area (Å²) in [4.78, 5) is 15.1. The van der Waals surface area contributed by atoms with Crippen molar-refractivity contribution in [2.75, 3.05) is 0 Å². The molecule has 0 fully saturated rings. The van der Waals surface area contributed by atoms with Gasteiger partial charge in [0, 0.05) is 48.8 Å². The Balaban J connectivity index is 1.25. The molecular formula is C42H25N3OS. The van der Waals surface area contributed by atoms with Crippen molar-refractivity contribution in [1.82, 2.24) is 15.0 Å². The molecule has 2 aliphatic rings. The van der Waals surface area contributed by atoms with E-state index in [-0.39, 0.29) is 0 Å². The van der Waals surface area contributed by atoms with Gasteiger partial charge in [0.1, 0.15) is 11.5 Å². The smallest absolute Gasteiger partial charge is 0.165 e. The van der Waals surface area contributed by atoms with Crippen molar-refractivity contribution in [3.63, 3.8) is 0 Å². The third kappa shape index (κ3) is 3.72. The molecule has 1 aliphatic heterocycles. The molecule has 0 radical (unpaired) electrons. The number of fused-ring (bicyclic) bond motifs is 11. The molecule has 10 rings (SSSR count). The number of nitrogens with zero attached hydrogens (tertiary/aromatic N) is 3. The molecule has 0 bridgehead atoms. The van der Waals surface area contributed by atoms with Gasteiger partial charge in [-0.15, -0.1) is 11.3 Å². The summed E-state index contributed by atoms with van der Waals surface area (Å²) in [6.45, 7) is 0. The van der Waals surface area contributed by atoms with Crippen LogP contribution in [0, 0.1) is 0 Å². The number of benzene rings is 6. The molecule has 0 saturated carbocycles. The molecule has 0 saturated heterocycles. The Morgan fingerprint density at radius 1 is 0.447 bits per heavy atom. The minimum atomic E-state index is -0.496. The number of thiophene rings is 1. The van der Waals surface area contributed by atoms with E-state index in [1.165, 1.54) is 38.1 Å². The van der Waals surface area contributed by atoms with Gasteiger partial charge in [-0.05, 0) is 28.8 Å². The Morgan fingerprint density at radius 2 is 0.979 bits per heavy atom. The van der Waals surface area contributed by atoms with Crippen molar-refractivity contribution >= 4 is 21.4 Å². The summed E-state index contributed by atoms with van der Waals surface area (Å²) in [6, 6.07) is 50.7. The predicted molar refractivity (Wildman–Crippen MR) is 189 cm³/mol. The van der Waals surface area contributed by atoms with E-state index in [1.54, 1.807) is 11.3 Å². The first-order chi connectivity index (χ1) is 23.3. The van der Waals surface area contributed by atoms with Gasteiger partial charge in [-0.25, -0.2) is 15.0 Å². The van der Waals surface area contributed by atoms with Crippen LogP contribution in [0.2, 0.25) is 0 Å². The van der Waals surface area contributed by atoms with Gasteiger partial charge in [-0.1, -0.05) is 133 Å². The quantitative estimate of drug-likeness (QED) is 0.197. The van der Waals surface area contributed by atoms with E-state index < -0.39 is 5.41 Å². The molecule has 0 atom stereocenters. The molecule has 6 aromatic carbocycles. The van der Waals surface area contributed by atoms with Crippen LogP contribution in [0.25, 0.3) is 55.4 Å². The fourth-order valence-corrected chi connectivity index (χ4v) is 8.64. The summed E-state index contributed by atoms with van der Waals surface area (Å²) in [6.07, 6.45) is 0. The molecule has 47 heavy (non-hydrogen) atoms. The molecule has 5 heteroatoms. The van der Waals surface area contributed by atoms with Crippen LogP contribution in [-0.4, -0.2) is 15.0 Å². The van der Waals surface area contributed by atoms with Crippen molar-refractivity contribution in [3.8, 4) is 56.8 Å². The summed E-state index contributed by atoms with van der Waals surface area (Å²) in [5.74, 6) is 3.79. The van der Waals surface area contributed by atoms with Crippen molar-refractivity contribution in [3.05, 3.63) is 173 Å². The van der Waals surface area contributed by atoms with Gasteiger partial charge in [0.05, 0.1) is 5.41 Å². The highest BCUT2D eigenvalue weighted by Crippen LogP contribution is 2.63. The van der Waals surface area contributed by atoms with Gasteiger partial charge in [-0.3, -0.25) is 0 Å². The van der Waals surface area contributed by atoms with Crippen LogP contribution >= 0.6 is 11.3 Å². The topological polar surface area (TPSA) is 47.9 Å². The minimum absolute atomic E-state index is 0.496. The van der Waals surface area contributed by atoms with E-state index in [4.69, 9.17) is 19.7 Å². The van der Waals surface area contributed by atoms with Gasteiger partial charge in [0.15, 0.2) is 17.5 Å². The van der Waals surface area contributed by atoms with Crippen LogP contribution in [0.15, 0.2) is 151 Å². The van der Waals surface area contributed by atoms with E-state index in [2.05, 4.69) is 90.3 Å². The minimum Gasteiger partial charge on any atom is -0.457 e. The van der Waals surface area contributed by atoms with Gasteiger partial charge >= 0.3 is 0 Å². The zero-order valence-electron chi connectivity index (χ0n) is 25.1. The summed E-state index contributed by atoms with van der Waals surface area (Å²) < 4.78 is 7.75. The lowest BCUT2D eigenvalue weighted by atomic mass is 9.66. The Bertz CT molecular complexity index is 2400. The second-order valence-corrected chi connectivity index (χ2v) is 12.8. The van der Waals surface area contributed by atoms with Crippen LogP contribution < -0.4 is 4.74 Å². The Labute approximate surface area is 275 Å². The first-order valence-electron chi connectivity index (χ1n) is 15.7. The van der Waals surface area contributed by atoms with Gasteiger partial charge in [0.2, 0.25) is 0 Å². The van der Waals surface area contributed by atoms with Crippen molar-refractivity contribution in [1.29, 1.82) is 0 Å². The largest absolute Gasteiger partial charge is 0.457 e. The lowest BCUT2D eigenvalue weighted by molar-refractivity contribution is 0.436. The Morgan fingerprint density at radius 3 is 1.62 bits per heavy atom. The SMILES string of the molecule is c1ccc(-c2nc(-c3ccccc3)nc(-c3csc4c5c(ccc34)C3(c4ccccc4Oc4ccccc43)c3ccccc3-5)n2)cc1. The first kappa shape index (κ1) is 26.3. The molecule has 8 aromatic rings. The average molecular weight is 620 g/mol. The molecule has 4 nitrogen and oxygen atoms in total. The fourth-order valence-electron chi connectivity index (χ4n) is 7.53. The second-order valence-electron chi connectivity index (χ2n) is 11.9. The van der Waals surface area contributed by atoms with Crippen molar-refractivity contribution in [2.45, 2.75) is 5.41 Å². The Kier molecular flexibility index (Phi) is 5.63. The summed E-state index contributed by atoms with van der Waals surface area (Å²) in [7, 11) is 0. The summed E-state index contributed by atoms with van der Waals surface area (Å²) in [5, 5.41) is 3.35. The van der Waals surface area contributed by atoms with Gasteiger partial charge < -0.3 is 4.74 Å². The Hall–Kier alpha value is -5.91. The van der Waals surface area contributed by atoms with Crippen molar-refractivity contribution in [2.24, 2.45) is 0 Å². The first-order valence-corrected chi connectivity index (χ1v) is 16.6. The number of aromatic nitrogens is 3. The van der Waals surface area contributed by atoms with Crippen LogP contribution in [0.5, 0.6) is 11.5 Å². The highest BCUT2D eigenvalue weighted by molar-refractivity contribution is 7.18. The van der Waals surface area contributed by atoms with Gasteiger partial charge in [0.25, 0.3) is 0 Å². The predicted octanol–water partition coefficient (Wildman–Crippen LogP) is 10.6. The van der Waals surface area contributed by atoms with E-state index in [9.17, 15) is 0 Å². The molecule has 2 aromatic heterocycles. The van der Waals surface area contributed by atoms with Crippen LogP contribution in [0.4, 0.5) is 0 Å². The molecule has 0 unspecified atom stereocenters. The van der Waals surface area contributed by atoms with Gasteiger partial charge in [-0.2, -0.15) is 0 Å². The maximum atomic E-state index is 6.52. The third-order valence-electron chi connectivity index (χ3n) is 9.49. The second kappa shape index (κ2) is 10.0. The van der Waals surface area contributed by atoms with E-state index in [0.717, 1.165) is 33.6 Å². The monoisotopic (exact) mass is 619 g/mol. The lowest BCUT2D eigenvalue weighted by Crippen LogP contribution is -2.32. The highest BCUT2D eigenvalue weighted by atomic mass is 32.1. The molecular weight excluding hydrogens is 595 g/mol. The van der Waals surface area contributed by atoms with Crippen LogP contribution in [0.3, 0.4) is 0 Å². The molecule has 220 valence electrons. The molecule has 3 heterocycles. The number of hydrogen-bond acceptors (Lipinski definition) is 5. The van der Waals surface area contributed by atoms with E-state index >= 15 is 0 Å². The number of rotatable bonds is 3. The fraction of sp³-hybridized carbons (Fsp3) is 0.0238. The summed E-state index contributed by atoms with van der Waals surface area (Å²) in [5.41, 5.74) is 9.83. The van der Waals surface area contributed by atoms with Crippen molar-refractivity contribution < 1.29 is 4.74 Å². The number of hydrogen-bond donors (Lipinski definition) is 0. The lowest BCUT2D eigenvalue weighted by Gasteiger charge is -2.39. The van der Waals surface area contributed by atoms with Crippen LogP contribution in [0.1, 0.15) is 22.3 Å². The number of para-hydroxylation sites is 2. The maximum Gasteiger partial charge on any atom is 0.165 e. The maximum absolute atomic E-state index is 6.52. The zero-order valence-corrected chi connectivity index (χ0v) is 25.9. The zero-order chi connectivity index (χ0) is 31.0. The molecule has 0 N–H and O–H groups in total. The highest BCUT2D eigenvalue weighted by Gasteiger charge is 2.51. The third-order valence-corrected chi connectivity index (χ3v) is 10.5. The van der Waals surface area contributed by atoms with Crippen LogP contribution in [-0.2, 0) is 5.41 Å². The van der Waals surface area contributed by atoms with E-state index in [0.29, 0.717) is 17.5 Å². The molecule has 1 spiro atoms. The normalized spacial score (nSPS) is 13.4. The van der Waals surface area contributed by atoms with E-state index in [1.807, 2.05) is 60.7 Å². The summed E-state index contributed by atoms with van der Waals surface area (Å²) >= 11 is 1.76. The average Bonchev–Trinajstić information content (AvgIpc) is 3.71.